The van der Waals surface area contributed by atoms with Crippen molar-refractivity contribution in [2.75, 3.05) is 0 Å². The molecule has 0 saturated heterocycles. The van der Waals surface area contributed by atoms with E-state index in [0.717, 1.165) is 43.9 Å². The van der Waals surface area contributed by atoms with Gasteiger partial charge in [0.05, 0.1) is 6.10 Å². The molecular weight excluding hydrogens is 408 g/mol. The standard InChI is InChI=1S/C30H50O3/c1-18(2)19(3)8-9-20(4)25-12-13-26-24-11-10-22-16-23(32)14-15-29(22,6)27(24)17-28(30(25,26)7)33-21(5)31/h10,18-20,23-28,32H,8-9,11-17H2,1-7H3/t19-,20+,23-,24?,25+,26?,27?,28-,29?,30?/m0/s1. The molecule has 3 fully saturated rings. The van der Waals surface area contributed by atoms with Crippen LogP contribution in [0.4, 0.5) is 0 Å². The minimum absolute atomic E-state index is 0.0294. The summed E-state index contributed by atoms with van der Waals surface area (Å²) in [6.45, 7) is 16.1. The topological polar surface area (TPSA) is 46.5 Å². The molecule has 4 aliphatic carbocycles. The molecule has 0 bridgehead atoms. The minimum Gasteiger partial charge on any atom is -0.462 e. The van der Waals surface area contributed by atoms with E-state index in [1.54, 1.807) is 6.92 Å². The second kappa shape index (κ2) is 9.32. The number of rotatable bonds is 6. The molecule has 0 amide bonds. The molecule has 0 aromatic carbocycles. The molecule has 0 heterocycles. The van der Waals surface area contributed by atoms with Crippen molar-refractivity contribution in [2.45, 2.75) is 118 Å². The first-order valence-electron chi connectivity index (χ1n) is 14.0. The molecule has 5 unspecified atom stereocenters. The highest BCUT2D eigenvalue weighted by Crippen LogP contribution is 2.68. The van der Waals surface area contributed by atoms with Crippen LogP contribution < -0.4 is 0 Å². The Morgan fingerprint density at radius 3 is 2.52 bits per heavy atom. The monoisotopic (exact) mass is 458 g/mol. The van der Waals surface area contributed by atoms with Crippen molar-refractivity contribution in [3.8, 4) is 0 Å². The van der Waals surface area contributed by atoms with Gasteiger partial charge in [-0.1, -0.05) is 66.0 Å². The number of hydrogen-bond acceptors (Lipinski definition) is 3. The Balaban J connectivity index is 1.62. The van der Waals surface area contributed by atoms with E-state index >= 15 is 0 Å². The normalized spacial score (nSPS) is 44.3. The van der Waals surface area contributed by atoms with E-state index < -0.39 is 0 Å². The fraction of sp³-hybridized carbons (Fsp3) is 0.900. The number of esters is 1. The molecule has 0 radical (unpaired) electrons. The van der Waals surface area contributed by atoms with Crippen LogP contribution in [0.3, 0.4) is 0 Å². The lowest BCUT2D eigenvalue weighted by Gasteiger charge is -2.60. The summed E-state index contributed by atoms with van der Waals surface area (Å²) in [6.07, 6.45) is 12.5. The smallest absolute Gasteiger partial charge is 0.302 e. The lowest BCUT2D eigenvalue weighted by atomic mass is 9.46. The average molecular weight is 459 g/mol. The van der Waals surface area contributed by atoms with Crippen LogP contribution in [0.5, 0.6) is 0 Å². The highest BCUT2D eigenvalue weighted by molar-refractivity contribution is 5.66. The average Bonchev–Trinajstić information content (AvgIpc) is 3.11. The predicted molar refractivity (Wildman–Crippen MR) is 135 cm³/mol. The summed E-state index contributed by atoms with van der Waals surface area (Å²) < 4.78 is 6.24. The van der Waals surface area contributed by atoms with Gasteiger partial charge in [-0.15, -0.1) is 0 Å². The Kier molecular flexibility index (Phi) is 7.14. The maximum absolute atomic E-state index is 12.3. The zero-order valence-electron chi connectivity index (χ0n) is 22.4. The SMILES string of the molecule is CC(=O)O[C@H]1CC2C(CC=C3C[C@@H](O)CCC32C)C2CC[C@H]([C@H](C)CC[C@H](C)C(C)C)C21C. The summed E-state index contributed by atoms with van der Waals surface area (Å²) in [5.41, 5.74) is 1.74. The van der Waals surface area contributed by atoms with Crippen molar-refractivity contribution in [1.82, 2.24) is 0 Å². The first-order valence-corrected chi connectivity index (χ1v) is 14.0. The van der Waals surface area contributed by atoms with E-state index in [-0.39, 0.29) is 29.0 Å². The Morgan fingerprint density at radius 1 is 1.12 bits per heavy atom. The van der Waals surface area contributed by atoms with Crippen molar-refractivity contribution in [1.29, 1.82) is 0 Å². The number of aliphatic hydroxyl groups is 1. The third-order valence-electron chi connectivity index (χ3n) is 11.4. The van der Waals surface area contributed by atoms with Crippen molar-refractivity contribution >= 4 is 5.97 Å². The minimum atomic E-state index is -0.177. The highest BCUT2D eigenvalue weighted by atomic mass is 16.5. The van der Waals surface area contributed by atoms with E-state index in [2.05, 4.69) is 47.6 Å². The van der Waals surface area contributed by atoms with Crippen molar-refractivity contribution in [2.24, 2.45) is 52.3 Å². The molecule has 4 aliphatic rings. The maximum atomic E-state index is 12.3. The molecule has 4 rings (SSSR count). The van der Waals surface area contributed by atoms with Crippen molar-refractivity contribution in [3.05, 3.63) is 11.6 Å². The lowest BCUT2D eigenvalue weighted by Crippen LogP contribution is -2.57. The second-order valence-corrected chi connectivity index (χ2v) is 13.3. The summed E-state index contributed by atoms with van der Waals surface area (Å²) in [5, 5.41) is 10.3. The molecule has 0 aromatic heterocycles. The predicted octanol–water partition coefficient (Wildman–Crippen LogP) is 7.18. The molecule has 3 saturated carbocycles. The second-order valence-electron chi connectivity index (χ2n) is 13.3. The molecule has 10 atom stereocenters. The summed E-state index contributed by atoms with van der Waals surface area (Å²) in [7, 11) is 0. The van der Waals surface area contributed by atoms with Gasteiger partial charge < -0.3 is 9.84 Å². The fourth-order valence-corrected chi connectivity index (χ4v) is 8.98. The highest BCUT2D eigenvalue weighted by Gasteiger charge is 2.63. The van der Waals surface area contributed by atoms with Gasteiger partial charge in [0.15, 0.2) is 0 Å². The molecule has 0 aromatic rings. The van der Waals surface area contributed by atoms with Gasteiger partial charge in [0.25, 0.3) is 0 Å². The van der Waals surface area contributed by atoms with Gasteiger partial charge in [0.1, 0.15) is 6.10 Å². The van der Waals surface area contributed by atoms with Crippen molar-refractivity contribution < 1.29 is 14.6 Å². The van der Waals surface area contributed by atoms with Crippen molar-refractivity contribution in [3.63, 3.8) is 0 Å². The molecule has 0 aliphatic heterocycles. The molecule has 188 valence electrons. The zero-order chi connectivity index (χ0) is 24.1. The summed E-state index contributed by atoms with van der Waals surface area (Å²) >= 11 is 0. The van der Waals surface area contributed by atoms with Gasteiger partial charge in [0, 0.05) is 12.3 Å². The molecule has 1 N–H and O–H groups in total. The van der Waals surface area contributed by atoms with Gasteiger partial charge in [-0.2, -0.15) is 0 Å². The number of ether oxygens (including phenoxy) is 1. The number of fused-ring (bicyclic) bond motifs is 5. The molecule has 0 spiro atoms. The Hall–Kier alpha value is -0.830. The Morgan fingerprint density at radius 2 is 1.85 bits per heavy atom. The van der Waals surface area contributed by atoms with Crippen LogP contribution in [0, 0.1) is 52.3 Å². The van der Waals surface area contributed by atoms with Gasteiger partial charge in [-0.25, -0.2) is 0 Å². The fourth-order valence-electron chi connectivity index (χ4n) is 8.98. The number of carbonyl (C=O) groups excluding carboxylic acids is 1. The summed E-state index contributed by atoms with van der Waals surface area (Å²) in [5.74, 6) is 4.61. The maximum Gasteiger partial charge on any atom is 0.302 e. The van der Waals surface area contributed by atoms with Crippen LogP contribution in [0.1, 0.15) is 106 Å². The zero-order valence-corrected chi connectivity index (χ0v) is 22.4. The van der Waals surface area contributed by atoms with Crippen LogP contribution in [-0.4, -0.2) is 23.3 Å². The number of aliphatic hydroxyl groups excluding tert-OH is 1. The van der Waals surface area contributed by atoms with Crippen LogP contribution in [0.25, 0.3) is 0 Å². The molecule has 3 nitrogen and oxygen atoms in total. The van der Waals surface area contributed by atoms with E-state index in [4.69, 9.17) is 4.74 Å². The van der Waals surface area contributed by atoms with Gasteiger partial charge in [0.2, 0.25) is 0 Å². The third-order valence-corrected chi connectivity index (χ3v) is 11.4. The quantitative estimate of drug-likeness (QED) is 0.339. The number of hydrogen-bond donors (Lipinski definition) is 1. The third kappa shape index (κ3) is 4.34. The van der Waals surface area contributed by atoms with Crippen LogP contribution in [0.15, 0.2) is 11.6 Å². The first kappa shape index (κ1) is 25.3. The Labute approximate surface area is 203 Å². The van der Waals surface area contributed by atoms with E-state index in [1.807, 2.05) is 0 Å². The van der Waals surface area contributed by atoms with E-state index in [1.165, 1.54) is 31.3 Å². The number of allylic oxidation sites excluding steroid dienone is 1. The molecule has 33 heavy (non-hydrogen) atoms. The van der Waals surface area contributed by atoms with Gasteiger partial charge in [-0.3, -0.25) is 4.79 Å². The van der Waals surface area contributed by atoms with Gasteiger partial charge >= 0.3 is 5.97 Å². The molecular formula is C30H50O3. The summed E-state index contributed by atoms with van der Waals surface area (Å²) in [4.78, 5) is 12.3. The number of carbonyl (C=O) groups is 1. The van der Waals surface area contributed by atoms with Crippen LogP contribution in [0.2, 0.25) is 0 Å². The van der Waals surface area contributed by atoms with Crippen LogP contribution in [-0.2, 0) is 9.53 Å². The first-order chi connectivity index (χ1) is 15.5. The van der Waals surface area contributed by atoms with Gasteiger partial charge in [-0.05, 0) is 91.8 Å². The van der Waals surface area contributed by atoms with E-state index in [0.29, 0.717) is 29.6 Å². The Bertz CT molecular complexity index is 756. The lowest BCUT2D eigenvalue weighted by molar-refractivity contribution is -0.180. The van der Waals surface area contributed by atoms with E-state index in [9.17, 15) is 9.90 Å². The molecule has 3 heteroatoms. The summed E-state index contributed by atoms with van der Waals surface area (Å²) in [6, 6.07) is 0. The van der Waals surface area contributed by atoms with Crippen LogP contribution >= 0.6 is 0 Å². The largest absolute Gasteiger partial charge is 0.462 e.